The van der Waals surface area contributed by atoms with E-state index in [1.54, 1.807) is 52.3 Å². The maximum absolute atomic E-state index is 13.4. The van der Waals surface area contributed by atoms with Crippen LogP contribution in [0.15, 0.2) is 67.0 Å². The molecule has 0 unspecified atom stereocenters. The van der Waals surface area contributed by atoms with Crippen LogP contribution in [0.25, 0.3) is 5.69 Å². The Hall–Kier alpha value is -3.48. The third-order valence-corrected chi connectivity index (χ3v) is 4.71. The second-order valence-corrected chi connectivity index (χ2v) is 6.75. The number of aromatic nitrogens is 2. The Morgan fingerprint density at radius 1 is 1.18 bits per heavy atom. The number of hydrogen-bond acceptors (Lipinski definition) is 3. The number of benzene rings is 2. The molecule has 4 rings (SSSR count). The number of likely N-dealkylation sites (tertiary alicyclic amines) is 1. The van der Waals surface area contributed by atoms with Crippen molar-refractivity contribution in [1.82, 2.24) is 20.0 Å². The van der Waals surface area contributed by atoms with Gasteiger partial charge in [-0.15, -0.1) is 0 Å². The number of para-hydroxylation sites is 1. The van der Waals surface area contributed by atoms with Crippen LogP contribution in [-0.4, -0.2) is 39.1 Å². The van der Waals surface area contributed by atoms with E-state index >= 15 is 0 Å². The van der Waals surface area contributed by atoms with Crippen LogP contribution in [0, 0.1) is 5.82 Å². The maximum atomic E-state index is 13.4. The quantitative estimate of drug-likeness (QED) is 0.742. The Morgan fingerprint density at radius 3 is 2.82 bits per heavy atom. The molecule has 1 aliphatic heterocycles. The van der Waals surface area contributed by atoms with Gasteiger partial charge < -0.3 is 10.2 Å². The third-order valence-electron chi connectivity index (χ3n) is 4.71. The van der Waals surface area contributed by atoms with Crippen molar-refractivity contribution in [1.29, 1.82) is 0 Å². The van der Waals surface area contributed by atoms with E-state index in [0.717, 1.165) is 5.56 Å². The summed E-state index contributed by atoms with van der Waals surface area (Å²) in [6.07, 6.45) is 3.64. The van der Waals surface area contributed by atoms with Crippen LogP contribution in [0.3, 0.4) is 0 Å². The summed E-state index contributed by atoms with van der Waals surface area (Å²) in [6.45, 7) is 0.720. The van der Waals surface area contributed by atoms with E-state index in [2.05, 4.69) is 10.4 Å². The van der Waals surface area contributed by atoms with E-state index in [-0.39, 0.29) is 30.1 Å². The predicted octanol–water partition coefficient (Wildman–Crippen LogP) is 2.54. The molecular weight excluding hydrogens is 359 g/mol. The first kappa shape index (κ1) is 17.9. The van der Waals surface area contributed by atoms with Gasteiger partial charge in [0.05, 0.1) is 17.3 Å². The number of halogens is 1. The van der Waals surface area contributed by atoms with Crippen molar-refractivity contribution in [2.24, 2.45) is 0 Å². The summed E-state index contributed by atoms with van der Waals surface area (Å²) in [6, 6.07) is 14.9. The molecule has 0 bridgehead atoms. The van der Waals surface area contributed by atoms with E-state index in [1.165, 1.54) is 12.1 Å². The van der Waals surface area contributed by atoms with E-state index < -0.39 is 0 Å². The highest BCUT2D eigenvalue weighted by Gasteiger charge is 2.31. The van der Waals surface area contributed by atoms with Crippen molar-refractivity contribution in [3.63, 3.8) is 0 Å². The molecule has 2 aromatic carbocycles. The molecule has 1 saturated heterocycles. The summed E-state index contributed by atoms with van der Waals surface area (Å²) >= 11 is 0. The van der Waals surface area contributed by atoms with Gasteiger partial charge in [0.25, 0.3) is 5.91 Å². The fourth-order valence-electron chi connectivity index (χ4n) is 3.42. The second kappa shape index (κ2) is 7.64. The van der Waals surface area contributed by atoms with Crippen molar-refractivity contribution >= 4 is 11.8 Å². The van der Waals surface area contributed by atoms with Gasteiger partial charge in [-0.2, -0.15) is 5.10 Å². The van der Waals surface area contributed by atoms with Crippen molar-refractivity contribution in [3.05, 3.63) is 83.9 Å². The summed E-state index contributed by atoms with van der Waals surface area (Å²) in [7, 11) is 0. The van der Waals surface area contributed by atoms with Crippen molar-refractivity contribution in [2.45, 2.75) is 19.0 Å². The van der Waals surface area contributed by atoms with Gasteiger partial charge in [-0.05, 0) is 35.9 Å². The van der Waals surface area contributed by atoms with Crippen LogP contribution in [0.4, 0.5) is 4.39 Å². The van der Waals surface area contributed by atoms with Crippen LogP contribution in [0.2, 0.25) is 0 Å². The zero-order chi connectivity index (χ0) is 19.5. The third kappa shape index (κ3) is 3.78. The summed E-state index contributed by atoms with van der Waals surface area (Å²) in [5.74, 6) is -0.643. The van der Waals surface area contributed by atoms with Crippen molar-refractivity contribution in [3.8, 4) is 5.69 Å². The normalized spacial score (nSPS) is 16.4. The number of nitrogens with one attached hydrogen (secondary N) is 1. The Labute approximate surface area is 161 Å². The SMILES string of the molecule is O=C(N[C@@H]1CC(=O)N(Cc2cccc(F)c2)C1)c1ccccc1-n1cccn1. The number of nitrogens with zero attached hydrogens (tertiary/aromatic N) is 3. The molecular formula is C21H19FN4O2. The summed E-state index contributed by atoms with van der Waals surface area (Å²) in [5.41, 5.74) is 1.89. The lowest BCUT2D eigenvalue weighted by Crippen LogP contribution is -2.37. The topological polar surface area (TPSA) is 67.2 Å². The molecule has 142 valence electrons. The number of carbonyl (C=O) groups excluding carboxylic acids is 2. The molecule has 6 nitrogen and oxygen atoms in total. The molecule has 2 heterocycles. The average molecular weight is 378 g/mol. The first-order chi connectivity index (χ1) is 13.6. The van der Waals surface area contributed by atoms with Gasteiger partial charge in [0, 0.05) is 31.9 Å². The smallest absolute Gasteiger partial charge is 0.253 e. The van der Waals surface area contributed by atoms with Crippen molar-refractivity contribution < 1.29 is 14.0 Å². The summed E-state index contributed by atoms with van der Waals surface area (Å²) in [5, 5.41) is 7.12. The second-order valence-electron chi connectivity index (χ2n) is 6.75. The maximum Gasteiger partial charge on any atom is 0.253 e. The molecule has 0 radical (unpaired) electrons. The van der Waals surface area contributed by atoms with Gasteiger partial charge >= 0.3 is 0 Å². The summed E-state index contributed by atoms with van der Waals surface area (Å²) in [4.78, 5) is 26.8. The Bertz CT molecular complexity index is 1000. The van der Waals surface area contributed by atoms with Gasteiger partial charge in [-0.25, -0.2) is 9.07 Å². The Kier molecular flexibility index (Phi) is 4.89. The van der Waals surface area contributed by atoms with E-state index in [9.17, 15) is 14.0 Å². The number of carbonyl (C=O) groups is 2. The van der Waals surface area contributed by atoms with Gasteiger partial charge in [0.2, 0.25) is 5.91 Å². The Morgan fingerprint density at radius 2 is 2.04 bits per heavy atom. The largest absolute Gasteiger partial charge is 0.347 e. The van der Waals surface area contributed by atoms with Crippen molar-refractivity contribution in [2.75, 3.05) is 6.54 Å². The van der Waals surface area contributed by atoms with Crippen LogP contribution < -0.4 is 5.32 Å². The standard InChI is InChI=1S/C21H19FN4O2/c22-16-6-3-5-15(11-16)13-25-14-17(12-20(25)27)24-21(28)18-7-1-2-8-19(18)26-10-4-9-23-26/h1-11,17H,12-14H2,(H,24,28)/t17-/m1/s1. The molecule has 1 aliphatic rings. The monoisotopic (exact) mass is 378 g/mol. The minimum Gasteiger partial charge on any atom is -0.347 e. The number of amides is 2. The first-order valence-electron chi connectivity index (χ1n) is 9.02. The molecule has 1 fully saturated rings. The molecule has 0 spiro atoms. The van der Waals surface area contributed by atoms with Gasteiger partial charge in [-0.3, -0.25) is 9.59 Å². The fraction of sp³-hybridized carbons (Fsp3) is 0.190. The Balaban J connectivity index is 1.44. The molecule has 0 aliphatic carbocycles. The van der Waals surface area contributed by atoms with E-state index in [1.807, 2.05) is 12.1 Å². The highest BCUT2D eigenvalue weighted by molar-refractivity contribution is 5.98. The number of hydrogen-bond donors (Lipinski definition) is 1. The van der Waals surface area contributed by atoms with Crippen LogP contribution in [0.5, 0.6) is 0 Å². The van der Waals surface area contributed by atoms with Crippen LogP contribution in [0.1, 0.15) is 22.3 Å². The molecule has 2 amide bonds. The lowest BCUT2D eigenvalue weighted by Gasteiger charge is -2.18. The van der Waals surface area contributed by atoms with E-state index in [0.29, 0.717) is 24.3 Å². The highest BCUT2D eigenvalue weighted by Crippen LogP contribution is 2.18. The lowest BCUT2D eigenvalue weighted by molar-refractivity contribution is -0.128. The van der Waals surface area contributed by atoms with E-state index in [4.69, 9.17) is 0 Å². The molecule has 0 saturated carbocycles. The predicted molar refractivity (Wildman–Crippen MR) is 101 cm³/mol. The van der Waals surface area contributed by atoms with Gasteiger partial charge in [-0.1, -0.05) is 24.3 Å². The average Bonchev–Trinajstić information content (AvgIpc) is 3.32. The molecule has 1 aromatic heterocycles. The van der Waals surface area contributed by atoms with Gasteiger partial charge in [0.15, 0.2) is 0 Å². The molecule has 1 atom stereocenters. The highest BCUT2D eigenvalue weighted by atomic mass is 19.1. The molecule has 1 N–H and O–H groups in total. The summed E-state index contributed by atoms with van der Waals surface area (Å²) < 4.78 is 15.0. The zero-order valence-corrected chi connectivity index (χ0v) is 15.1. The van der Waals surface area contributed by atoms with Crippen LogP contribution in [-0.2, 0) is 11.3 Å². The van der Waals surface area contributed by atoms with Crippen LogP contribution >= 0.6 is 0 Å². The first-order valence-corrected chi connectivity index (χ1v) is 9.02. The minimum atomic E-state index is -0.329. The van der Waals surface area contributed by atoms with Gasteiger partial charge in [0.1, 0.15) is 5.82 Å². The zero-order valence-electron chi connectivity index (χ0n) is 15.1. The fourth-order valence-corrected chi connectivity index (χ4v) is 3.42. The molecule has 28 heavy (non-hydrogen) atoms. The lowest BCUT2D eigenvalue weighted by atomic mass is 10.1. The molecule has 7 heteroatoms. The number of rotatable bonds is 5. The minimum absolute atomic E-state index is 0.0603. The molecule has 3 aromatic rings.